The van der Waals surface area contributed by atoms with Crippen LogP contribution in [-0.2, 0) is 0 Å². The molecule has 4 N–H and O–H groups in total. The van der Waals surface area contributed by atoms with Gasteiger partial charge in [-0.15, -0.1) is 0 Å². The largest absolute Gasteiger partial charge is 0.437 e. The number of carbonyl (C=O) groups excluding carboxylic acids is 1. The van der Waals surface area contributed by atoms with E-state index in [1.807, 2.05) is 80.6 Å². The Morgan fingerprint density at radius 3 is 2.21 bits per heavy atom. The summed E-state index contributed by atoms with van der Waals surface area (Å²) < 4.78 is 13.2. The first-order valence-corrected chi connectivity index (χ1v) is 21.9. The number of nitrogens with zero attached hydrogens (tertiary/aromatic N) is 7. The number of ether oxygens (including phenoxy) is 2. The fourth-order valence-electron chi connectivity index (χ4n) is 8.20. The Hall–Kier alpha value is -6.81. The number of fused-ring (bicyclic) bond motifs is 2. The Balaban J connectivity index is 0.000000160. The quantitative estimate of drug-likeness (QED) is 0.0902. The molecule has 1 unspecified atom stereocenters. The van der Waals surface area contributed by atoms with Gasteiger partial charge in [0.15, 0.2) is 16.8 Å². The molecule has 0 spiro atoms. The van der Waals surface area contributed by atoms with Crippen molar-refractivity contribution in [3.8, 4) is 23.3 Å². The van der Waals surface area contributed by atoms with Crippen LogP contribution in [0.15, 0.2) is 122 Å². The number of aliphatic hydroxyl groups is 2. The highest BCUT2D eigenvalue weighted by Crippen LogP contribution is 2.38. The number of benzene rings is 4. The molecule has 8 aromatic rings. The molecular weight excluding hydrogens is 815 g/mol. The standard InChI is InChI=1S/C24H25N5O2S.C24H22N4O3/c1-24(2,30)20-8-5-15-29(20)21-22(26-14-13-25-21)31-17-11-9-16(10-12-17)27-23-28-18-6-3-4-7-19(18)32-23;29-17-5-3-4-16(14-17)21-24(26-13-12-25-21)31-18-10-8-15(9-11-18)22(30)23-27-19-6-1-2-7-20(19)28-23/h3-4,6-7,9-14,20,30H,5,8,15H2,1-2H3,(H,27,28);1-2,6-13,16-17,29H,3-5,14H2,(H,27,28)/t20-;16?,17-/m00/s1. The number of anilines is 3. The summed E-state index contributed by atoms with van der Waals surface area (Å²) in [6, 6.07) is 30.2. The normalized spacial score (nSPS) is 17.6. The molecule has 14 nitrogen and oxygen atoms in total. The number of carbonyl (C=O) groups is 1. The number of nitrogens with one attached hydrogen (secondary N) is 2. The fraction of sp³-hybridized carbons (Fsp3) is 0.271. The van der Waals surface area contributed by atoms with Gasteiger partial charge in [-0.25, -0.2) is 24.9 Å². The van der Waals surface area contributed by atoms with Gasteiger partial charge in [0.1, 0.15) is 17.2 Å². The van der Waals surface area contributed by atoms with Gasteiger partial charge in [0.05, 0.1) is 39.0 Å². The Kier molecular flexibility index (Phi) is 12.0. The van der Waals surface area contributed by atoms with Crippen molar-refractivity contribution in [2.24, 2.45) is 0 Å². The van der Waals surface area contributed by atoms with Crippen LogP contribution in [0, 0.1) is 0 Å². The summed E-state index contributed by atoms with van der Waals surface area (Å²) in [4.78, 5) is 44.7. The Morgan fingerprint density at radius 2 is 1.46 bits per heavy atom. The minimum Gasteiger partial charge on any atom is -0.437 e. The maximum absolute atomic E-state index is 12.8. The number of aromatic nitrogens is 7. The third kappa shape index (κ3) is 9.65. The monoisotopic (exact) mass is 861 g/mol. The molecule has 2 aliphatic rings. The van der Waals surface area contributed by atoms with Gasteiger partial charge in [-0.1, -0.05) is 42.0 Å². The SMILES string of the molecule is CC(C)(O)[C@@H]1CCCN1c1nccnc1Oc1ccc(Nc2nc3ccccc3s2)cc1.O=C(c1ccc(Oc2nccnc2C2CCC[C@H](O)C2)cc1)c1nc2ccccc2[nH]1. The minimum atomic E-state index is -0.834. The lowest BCUT2D eigenvalue weighted by Crippen LogP contribution is -2.46. The summed E-state index contributed by atoms with van der Waals surface area (Å²) >= 11 is 1.62. The highest BCUT2D eigenvalue weighted by molar-refractivity contribution is 7.22. The van der Waals surface area contributed by atoms with Crippen LogP contribution < -0.4 is 19.7 Å². The summed E-state index contributed by atoms with van der Waals surface area (Å²) in [6.07, 6.45) is 11.5. The molecule has 1 saturated heterocycles. The molecule has 0 bridgehead atoms. The van der Waals surface area contributed by atoms with Crippen molar-refractivity contribution >= 4 is 55.0 Å². The summed E-state index contributed by atoms with van der Waals surface area (Å²) in [6.45, 7) is 4.49. The van der Waals surface area contributed by atoms with Crippen molar-refractivity contribution in [1.29, 1.82) is 0 Å². The molecule has 2 fully saturated rings. The topological polar surface area (TPSA) is 184 Å². The molecule has 63 heavy (non-hydrogen) atoms. The third-order valence-electron chi connectivity index (χ3n) is 11.3. The zero-order valence-corrected chi connectivity index (χ0v) is 35.7. The minimum absolute atomic E-state index is 0.0260. The average molecular weight is 862 g/mol. The van der Waals surface area contributed by atoms with E-state index in [2.05, 4.69) is 51.2 Å². The molecule has 1 aliphatic carbocycles. The van der Waals surface area contributed by atoms with Gasteiger partial charge in [-0.3, -0.25) is 9.78 Å². The highest BCUT2D eigenvalue weighted by atomic mass is 32.1. The van der Waals surface area contributed by atoms with Crippen LogP contribution in [-0.4, -0.2) is 75.2 Å². The molecule has 3 atom stereocenters. The van der Waals surface area contributed by atoms with Crippen molar-refractivity contribution in [2.75, 3.05) is 16.8 Å². The molecular formula is C48H47N9O5S. The van der Waals surface area contributed by atoms with Crippen LogP contribution >= 0.6 is 11.3 Å². The van der Waals surface area contributed by atoms with Gasteiger partial charge >= 0.3 is 0 Å². The summed E-state index contributed by atoms with van der Waals surface area (Å²) in [5, 5.41) is 24.8. The lowest BCUT2D eigenvalue weighted by atomic mass is 9.85. The van der Waals surface area contributed by atoms with Gasteiger partial charge in [0.2, 0.25) is 11.7 Å². The first-order valence-electron chi connectivity index (χ1n) is 21.1. The molecule has 0 amide bonds. The number of para-hydroxylation sites is 3. The van der Waals surface area contributed by atoms with Crippen LogP contribution in [0.4, 0.5) is 16.6 Å². The Labute approximate surface area is 368 Å². The van der Waals surface area contributed by atoms with E-state index >= 15 is 0 Å². The van der Waals surface area contributed by atoms with Crippen LogP contribution in [0.5, 0.6) is 23.3 Å². The van der Waals surface area contributed by atoms with E-state index in [1.54, 1.807) is 60.4 Å². The Morgan fingerprint density at radius 1 is 0.778 bits per heavy atom. The molecule has 1 aliphatic heterocycles. The van der Waals surface area contributed by atoms with E-state index in [9.17, 15) is 15.0 Å². The molecule has 320 valence electrons. The van der Waals surface area contributed by atoms with Crippen LogP contribution in [0.2, 0.25) is 0 Å². The lowest BCUT2D eigenvalue weighted by molar-refractivity contribution is 0.0531. The first kappa shape index (κ1) is 41.5. The van der Waals surface area contributed by atoms with Crippen molar-refractivity contribution in [1.82, 2.24) is 34.9 Å². The fourth-order valence-corrected chi connectivity index (χ4v) is 9.08. The molecule has 1 saturated carbocycles. The van der Waals surface area contributed by atoms with Crippen molar-refractivity contribution in [3.63, 3.8) is 0 Å². The van der Waals surface area contributed by atoms with Crippen molar-refractivity contribution in [2.45, 2.75) is 76.0 Å². The maximum atomic E-state index is 12.8. The molecule has 0 radical (unpaired) electrons. The van der Waals surface area contributed by atoms with Gasteiger partial charge < -0.3 is 34.9 Å². The third-order valence-corrected chi connectivity index (χ3v) is 12.2. The van der Waals surface area contributed by atoms with Gasteiger partial charge in [-0.2, -0.15) is 0 Å². The predicted molar refractivity (Wildman–Crippen MR) is 243 cm³/mol. The van der Waals surface area contributed by atoms with E-state index in [-0.39, 0.29) is 23.8 Å². The number of aromatic amines is 1. The van der Waals surface area contributed by atoms with E-state index in [1.165, 1.54) is 0 Å². The number of H-pyrrole nitrogens is 1. The van der Waals surface area contributed by atoms with E-state index in [4.69, 9.17) is 9.47 Å². The second kappa shape index (κ2) is 18.3. The number of aliphatic hydroxyl groups excluding tert-OH is 1. The number of hydrogen-bond donors (Lipinski definition) is 4. The second-order valence-corrected chi connectivity index (χ2v) is 17.3. The number of ketones is 1. The van der Waals surface area contributed by atoms with Crippen molar-refractivity contribution < 1.29 is 24.5 Å². The molecule has 15 heteroatoms. The average Bonchev–Trinajstić information content (AvgIpc) is 4.07. The predicted octanol–water partition coefficient (Wildman–Crippen LogP) is 9.76. The molecule has 10 rings (SSSR count). The number of hydrogen-bond acceptors (Lipinski definition) is 14. The van der Waals surface area contributed by atoms with Crippen LogP contribution in [0.1, 0.15) is 80.2 Å². The zero-order valence-electron chi connectivity index (χ0n) is 34.9. The van der Waals surface area contributed by atoms with Gasteiger partial charge in [0, 0.05) is 48.5 Å². The number of thiazole rings is 1. The summed E-state index contributed by atoms with van der Waals surface area (Å²) in [5.41, 5.74) is 3.95. The highest BCUT2D eigenvalue weighted by Gasteiger charge is 2.38. The van der Waals surface area contributed by atoms with Gasteiger partial charge in [-0.05, 0) is 119 Å². The van der Waals surface area contributed by atoms with Crippen molar-refractivity contribution in [3.05, 3.63) is 139 Å². The molecule has 5 heterocycles. The van der Waals surface area contributed by atoms with Crippen LogP contribution in [0.3, 0.4) is 0 Å². The summed E-state index contributed by atoms with van der Waals surface area (Å²) in [7, 11) is 0. The molecule has 4 aromatic carbocycles. The number of rotatable bonds is 11. The smallest absolute Gasteiger partial charge is 0.263 e. The number of imidazole rings is 1. The lowest BCUT2D eigenvalue weighted by Gasteiger charge is -2.34. The first-order chi connectivity index (χ1) is 30.6. The second-order valence-electron chi connectivity index (χ2n) is 16.3. The van der Waals surface area contributed by atoms with E-state index in [0.717, 1.165) is 76.4 Å². The van der Waals surface area contributed by atoms with E-state index < -0.39 is 5.60 Å². The Bertz CT molecular complexity index is 2760. The van der Waals surface area contributed by atoms with Gasteiger partial charge in [0.25, 0.3) is 5.88 Å². The molecule has 4 aromatic heterocycles. The summed E-state index contributed by atoms with van der Waals surface area (Å²) in [5.74, 6) is 3.03. The van der Waals surface area contributed by atoms with Crippen LogP contribution in [0.25, 0.3) is 21.3 Å². The van der Waals surface area contributed by atoms with E-state index in [0.29, 0.717) is 46.9 Å². The maximum Gasteiger partial charge on any atom is 0.263 e. The zero-order chi connectivity index (χ0) is 43.3.